The summed E-state index contributed by atoms with van der Waals surface area (Å²) in [5, 5.41) is 0. The van der Waals surface area contributed by atoms with Gasteiger partial charge in [-0.05, 0) is 11.6 Å². The molecule has 1 rings (SSSR count). The number of carbonyl (C=O) groups is 2. The van der Waals surface area contributed by atoms with Gasteiger partial charge in [-0.1, -0.05) is 18.2 Å². The van der Waals surface area contributed by atoms with Gasteiger partial charge >= 0.3 is 5.97 Å². The molecule has 0 aliphatic carbocycles. The second-order valence-corrected chi connectivity index (χ2v) is 4.20. The van der Waals surface area contributed by atoms with Crippen molar-refractivity contribution in [1.29, 1.82) is 0 Å². The summed E-state index contributed by atoms with van der Waals surface area (Å²) in [6, 6.07) is 7.37. The van der Waals surface area contributed by atoms with Crippen molar-refractivity contribution < 1.29 is 14.3 Å². The van der Waals surface area contributed by atoms with Crippen molar-refractivity contribution in [3.8, 4) is 0 Å². The molecule has 104 valence electrons. The number of hydrogen-bond acceptors (Lipinski definition) is 5. The Hall–Kier alpha value is -2.08. The highest BCUT2D eigenvalue weighted by atomic mass is 16.5. The lowest BCUT2D eigenvalue weighted by Gasteiger charge is -2.21. The highest BCUT2D eigenvalue weighted by Crippen LogP contribution is 2.13. The van der Waals surface area contributed by atoms with Crippen LogP contribution >= 0.6 is 0 Å². The van der Waals surface area contributed by atoms with Crippen LogP contribution in [0, 0.1) is 0 Å². The molecule has 6 heteroatoms. The number of anilines is 1. The van der Waals surface area contributed by atoms with Gasteiger partial charge in [0, 0.05) is 18.8 Å². The zero-order valence-corrected chi connectivity index (χ0v) is 11.0. The molecule has 0 saturated carbocycles. The number of ether oxygens (including phenoxy) is 1. The number of methoxy groups -OCH3 is 1. The zero-order chi connectivity index (χ0) is 14.3. The maximum atomic E-state index is 11.1. The maximum absolute atomic E-state index is 11.1. The summed E-state index contributed by atoms with van der Waals surface area (Å²) >= 11 is 0. The van der Waals surface area contributed by atoms with Gasteiger partial charge in [-0.25, -0.2) is 0 Å². The Morgan fingerprint density at radius 1 is 1.32 bits per heavy atom. The molecule has 0 fully saturated rings. The van der Waals surface area contributed by atoms with Crippen molar-refractivity contribution >= 4 is 17.6 Å². The molecule has 0 spiro atoms. The van der Waals surface area contributed by atoms with E-state index in [9.17, 15) is 9.59 Å². The van der Waals surface area contributed by atoms with E-state index in [4.69, 9.17) is 11.5 Å². The predicted molar refractivity (Wildman–Crippen MR) is 72.0 cm³/mol. The van der Waals surface area contributed by atoms with E-state index in [0.717, 1.165) is 5.56 Å². The molecule has 0 saturated heterocycles. The van der Waals surface area contributed by atoms with Gasteiger partial charge in [-0.15, -0.1) is 0 Å². The van der Waals surface area contributed by atoms with Crippen LogP contribution in [0.3, 0.4) is 0 Å². The van der Waals surface area contributed by atoms with Gasteiger partial charge in [-0.3, -0.25) is 14.5 Å². The van der Waals surface area contributed by atoms with Gasteiger partial charge in [0.05, 0.1) is 20.1 Å². The molecule has 0 radical (unpaired) electrons. The van der Waals surface area contributed by atoms with E-state index in [1.165, 1.54) is 7.11 Å². The van der Waals surface area contributed by atoms with Crippen LogP contribution in [0.25, 0.3) is 0 Å². The molecular formula is C13H19N3O3. The Labute approximate surface area is 112 Å². The van der Waals surface area contributed by atoms with Crippen LogP contribution in [0.15, 0.2) is 24.3 Å². The van der Waals surface area contributed by atoms with Gasteiger partial charge in [0.25, 0.3) is 0 Å². The normalized spacial score (nSPS) is 10.4. The first-order valence-electron chi connectivity index (χ1n) is 5.93. The molecule has 6 nitrogen and oxygen atoms in total. The number of esters is 1. The lowest BCUT2D eigenvalue weighted by Crippen LogP contribution is -2.35. The first kappa shape index (κ1) is 15.0. The molecule has 0 aliphatic heterocycles. The molecule has 4 N–H and O–H groups in total. The van der Waals surface area contributed by atoms with Gasteiger partial charge in [0.15, 0.2) is 0 Å². The Bertz CT molecular complexity index is 449. The summed E-state index contributed by atoms with van der Waals surface area (Å²) < 4.78 is 4.57. The second-order valence-electron chi connectivity index (χ2n) is 4.20. The molecule has 1 amide bonds. The van der Waals surface area contributed by atoms with Crippen molar-refractivity contribution in [3.05, 3.63) is 29.8 Å². The number of para-hydroxylation sites is 1. The first-order chi connectivity index (χ1) is 9.02. The Morgan fingerprint density at radius 3 is 2.58 bits per heavy atom. The van der Waals surface area contributed by atoms with Gasteiger partial charge in [0.2, 0.25) is 5.91 Å². The van der Waals surface area contributed by atoms with Crippen molar-refractivity contribution in [2.24, 2.45) is 5.73 Å². The number of nitrogens with zero attached hydrogens (tertiary/aromatic N) is 1. The highest BCUT2D eigenvalue weighted by Gasteiger charge is 2.12. The zero-order valence-electron chi connectivity index (χ0n) is 11.0. The highest BCUT2D eigenvalue weighted by molar-refractivity contribution is 5.76. The molecule has 0 aliphatic rings. The number of rotatable bonds is 7. The largest absolute Gasteiger partial charge is 0.469 e. The quantitative estimate of drug-likeness (QED) is 0.539. The third-order valence-electron chi connectivity index (χ3n) is 2.69. The fourth-order valence-electron chi connectivity index (χ4n) is 1.70. The number of amides is 1. The van der Waals surface area contributed by atoms with E-state index in [-0.39, 0.29) is 18.9 Å². The Balaban J connectivity index is 2.66. The number of benzene rings is 1. The topological polar surface area (TPSA) is 98.6 Å². The number of nitrogens with two attached hydrogens (primary N) is 2. The molecule has 0 heterocycles. The average molecular weight is 265 g/mol. The van der Waals surface area contributed by atoms with Crippen LogP contribution in [0.4, 0.5) is 5.69 Å². The van der Waals surface area contributed by atoms with E-state index in [0.29, 0.717) is 18.8 Å². The number of carbonyl (C=O) groups excluding carboxylic acids is 2. The summed E-state index contributed by atoms with van der Waals surface area (Å²) in [4.78, 5) is 23.9. The minimum Gasteiger partial charge on any atom is -0.469 e. The van der Waals surface area contributed by atoms with E-state index >= 15 is 0 Å². The molecule has 1 aromatic carbocycles. The van der Waals surface area contributed by atoms with Crippen LogP contribution in [-0.4, -0.2) is 37.0 Å². The smallest absolute Gasteiger partial charge is 0.306 e. The van der Waals surface area contributed by atoms with Crippen LogP contribution in [0.5, 0.6) is 0 Å². The standard InChI is InChI=1S/C13H19N3O3/c1-19-13(18)6-7-16(9-12(15)17)8-10-4-2-3-5-11(10)14/h2-5H,6-9,14H2,1H3,(H2,15,17). The summed E-state index contributed by atoms with van der Waals surface area (Å²) in [5.74, 6) is -0.769. The van der Waals surface area contributed by atoms with Crippen molar-refractivity contribution in [2.45, 2.75) is 13.0 Å². The van der Waals surface area contributed by atoms with Crippen LogP contribution in [0.2, 0.25) is 0 Å². The Kier molecular flexibility index (Phi) is 5.81. The average Bonchev–Trinajstić information content (AvgIpc) is 2.37. The molecule has 0 unspecified atom stereocenters. The minimum atomic E-state index is -0.445. The summed E-state index contributed by atoms with van der Waals surface area (Å²) in [7, 11) is 1.33. The van der Waals surface area contributed by atoms with E-state index < -0.39 is 5.91 Å². The molecule has 1 aromatic rings. The fraction of sp³-hybridized carbons (Fsp3) is 0.385. The van der Waals surface area contributed by atoms with E-state index in [1.54, 1.807) is 11.0 Å². The Morgan fingerprint density at radius 2 is 2.00 bits per heavy atom. The molecular weight excluding hydrogens is 246 g/mol. The lowest BCUT2D eigenvalue weighted by atomic mass is 10.1. The van der Waals surface area contributed by atoms with Crippen molar-refractivity contribution in [1.82, 2.24) is 4.90 Å². The fourth-order valence-corrected chi connectivity index (χ4v) is 1.70. The number of hydrogen-bond donors (Lipinski definition) is 2. The van der Waals surface area contributed by atoms with Crippen LogP contribution in [-0.2, 0) is 20.9 Å². The molecule has 19 heavy (non-hydrogen) atoms. The van der Waals surface area contributed by atoms with Crippen molar-refractivity contribution in [3.63, 3.8) is 0 Å². The SMILES string of the molecule is COC(=O)CCN(CC(N)=O)Cc1ccccc1N. The third-order valence-corrected chi connectivity index (χ3v) is 2.69. The van der Waals surface area contributed by atoms with Gasteiger partial charge in [0.1, 0.15) is 0 Å². The van der Waals surface area contributed by atoms with E-state index in [2.05, 4.69) is 4.74 Å². The second kappa shape index (κ2) is 7.38. The molecule has 0 bridgehead atoms. The van der Waals surface area contributed by atoms with E-state index in [1.807, 2.05) is 18.2 Å². The van der Waals surface area contributed by atoms with Crippen molar-refractivity contribution in [2.75, 3.05) is 25.9 Å². The van der Waals surface area contributed by atoms with Gasteiger partial charge in [-0.2, -0.15) is 0 Å². The summed E-state index contributed by atoms with van der Waals surface area (Å²) in [5.41, 5.74) is 12.6. The predicted octanol–water partition coefficient (Wildman–Crippen LogP) is 0.119. The first-order valence-corrected chi connectivity index (χ1v) is 5.93. The number of primary amides is 1. The third kappa shape index (κ3) is 5.39. The van der Waals surface area contributed by atoms with Crippen LogP contribution in [0.1, 0.15) is 12.0 Å². The molecule has 0 aromatic heterocycles. The number of nitrogen functional groups attached to an aromatic ring is 1. The maximum Gasteiger partial charge on any atom is 0.306 e. The molecule has 0 atom stereocenters. The van der Waals surface area contributed by atoms with Gasteiger partial charge < -0.3 is 16.2 Å². The van der Waals surface area contributed by atoms with Crippen LogP contribution < -0.4 is 11.5 Å². The lowest BCUT2D eigenvalue weighted by molar-refractivity contribution is -0.141. The minimum absolute atomic E-state index is 0.0747. The summed E-state index contributed by atoms with van der Waals surface area (Å²) in [6.07, 6.45) is 0.205. The monoisotopic (exact) mass is 265 g/mol. The summed E-state index contributed by atoms with van der Waals surface area (Å²) in [6.45, 7) is 0.932.